The highest BCUT2D eigenvalue weighted by Gasteiger charge is 2.18. The first-order valence-corrected chi connectivity index (χ1v) is 5.53. The van der Waals surface area contributed by atoms with Crippen molar-refractivity contribution in [3.63, 3.8) is 0 Å². The minimum atomic E-state index is -0.633. The van der Waals surface area contributed by atoms with Crippen LogP contribution < -0.4 is 15.1 Å². The summed E-state index contributed by atoms with van der Waals surface area (Å²) < 4.78 is 15.7. The van der Waals surface area contributed by atoms with E-state index in [1.807, 2.05) is 13.8 Å². The Kier molecular flexibility index (Phi) is 3.14. The molecule has 0 amide bonds. The van der Waals surface area contributed by atoms with Crippen LogP contribution in [0.4, 0.5) is 0 Å². The Morgan fingerprint density at radius 2 is 2.00 bits per heavy atom. The van der Waals surface area contributed by atoms with Crippen molar-refractivity contribution in [2.45, 2.75) is 20.0 Å². The monoisotopic (exact) mass is 250 g/mol. The highest BCUT2D eigenvalue weighted by molar-refractivity contribution is 5.86. The third-order valence-electron chi connectivity index (χ3n) is 2.36. The summed E-state index contributed by atoms with van der Waals surface area (Å²) in [6.45, 7) is 3.70. The number of hydrogen-bond donors (Lipinski definition) is 1. The molecule has 0 fully saturated rings. The van der Waals surface area contributed by atoms with Crippen LogP contribution in [0.15, 0.2) is 27.4 Å². The Bertz CT molecular complexity index is 627. The maximum atomic E-state index is 11.7. The van der Waals surface area contributed by atoms with Crippen molar-refractivity contribution in [1.29, 1.82) is 0 Å². The van der Waals surface area contributed by atoms with Gasteiger partial charge in [0.05, 0.1) is 18.6 Å². The van der Waals surface area contributed by atoms with Gasteiger partial charge in [-0.05, 0) is 26.0 Å². The maximum absolute atomic E-state index is 11.7. The van der Waals surface area contributed by atoms with Gasteiger partial charge in [0, 0.05) is 6.07 Å². The van der Waals surface area contributed by atoms with Gasteiger partial charge >= 0.3 is 5.63 Å². The van der Waals surface area contributed by atoms with E-state index < -0.39 is 5.63 Å². The lowest BCUT2D eigenvalue weighted by Gasteiger charge is -2.14. The average Bonchev–Trinajstić information content (AvgIpc) is 2.27. The predicted octanol–water partition coefficient (Wildman–Crippen LogP) is 2.29. The van der Waals surface area contributed by atoms with Crippen molar-refractivity contribution in [3.8, 4) is 17.2 Å². The Labute approximate surface area is 104 Å². The molecule has 0 unspecified atom stereocenters. The first kappa shape index (κ1) is 12.3. The SMILES string of the molecule is COc1c(OC(C)C)c2ccc(O)cc2oc1=O. The molecule has 0 bridgehead atoms. The molecular weight excluding hydrogens is 236 g/mol. The van der Waals surface area contributed by atoms with E-state index in [0.29, 0.717) is 11.1 Å². The van der Waals surface area contributed by atoms with E-state index in [1.165, 1.54) is 19.2 Å². The lowest BCUT2D eigenvalue weighted by molar-refractivity contribution is 0.229. The van der Waals surface area contributed by atoms with Gasteiger partial charge in [-0.25, -0.2) is 4.79 Å². The third-order valence-corrected chi connectivity index (χ3v) is 2.36. The second kappa shape index (κ2) is 4.60. The fourth-order valence-corrected chi connectivity index (χ4v) is 1.67. The van der Waals surface area contributed by atoms with E-state index in [4.69, 9.17) is 13.9 Å². The highest BCUT2D eigenvalue weighted by Crippen LogP contribution is 2.34. The van der Waals surface area contributed by atoms with Crippen molar-refractivity contribution < 1.29 is 19.0 Å². The second-order valence-corrected chi connectivity index (χ2v) is 4.10. The van der Waals surface area contributed by atoms with Crippen LogP contribution in [0.5, 0.6) is 17.2 Å². The van der Waals surface area contributed by atoms with Crippen molar-refractivity contribution in [2.75, 3.05) is 7.11 Å². The molecule has 0 aliphatic carbocycles. The summed E-state index contributed by atoms with van der Waals surface area (Å²) in [5.74, 6) is 0.381. The minimum absolute atomic E-state index is 0.0197. The molecule has 18 heavy (non-hydrogen) atoms. The molecule has 0 saturated carbocycles. The van der Waals surface area contributed by atoms with E-state index in [-0.39, 0.29) is 23.2 Å². The van der Waals surface area contributed by atoms with E-state index in [1.54, 1.807) is 6.07 Å². The van der Waals surface area contributed by atoms with Crippen LogP contribution in [0.2, 0.25) is 0 Å². The van der Waals surface area contributed by atoms with Crippen LogP contribution in [-0.4, -0.2) is 18.3 Å². The molecule has 2 aromatic rings. The summed E-state index contributed by atoms with van der Waals surface area (Å²) in [7, 11) is 1.38. The second-order valence-electron chi connectivity index (χ2n) is 4.10. The number of aromatic hydroxyl groups is 1. The molecule has 2 rings (SSSR count). The summed E-state index contributed by atoms with van der Waals surface area (Å²) in [6.07, 6.45) is -0.113. The fourth-order valence-electron chi connectivity index (χ4n) is 1.67. The van der Waals surface area contributed by atoms with Crippen molar-refractivity contribution in [2.24, 2.45) is 0 Å². The smallest absolute Gasteiger partial charge is 0.383 e. The topological polar surface area (TPSA) is 68.9 Å². The van der Waals surface area contributed by atoms with E-state index in [2.05, 4.69) is 0 Å². The van der Waals surface area contributed by atoms with Gasteiger partial charge < -0.3 is 19.0 Å². The Morgan fingerprint density at radius 1 is 1.28 bits per heavy atom. The zero-order valence-electron chi connectivity index (χ0n) is 10.4. The van der Waals surface area contributed by atoms with Gasteiger partial charge in [-0.3, -0.25) is 0 Å². The molecule has 0 spiro atoms. The maximum Gasteiger partial charge on any atom is 0.383 e. The molecule has 1 aromatic carbocycles. The van der Waals surface area contributed by atoms with E-state index >= 15 is 0 Å². The van der Waals surface area contributed by atoms with Crippen LogP contribution in [0.25, 0.3) is 11.0 Å². The molecule has 0 saturated heterocycles. The molecular formula is C13H14O5. The highest BCUT2D eigenvalue weighted by atomic mass is 16.5. The van der Waals surface area contributed by atoms with Crippen LogP contribution in [0.1, 0.15) is 13.8 Å². The Hall–Kier alpha value is -2.17. The van der Waals surface area contributed by atoms with E-state index in [9.17, 15) is 9.90 Å². The fraction of sp³-hybridized carbons (Fsp3) is 0.308. The number of phenolic OH excluding ortho intramolecular Hbond substituents is 1. The van der Waals surface area contributed by atoms with Crippen LogP contribution in [0, 0.1) is 0 Å². The predicted molar refractivity (Wildman–Crippen MR) is 66.5 cm³/mol. The molecule has 5 nitrogen and oxygen atoms in total. The zero-order valence-corrected chi connectivity index (χ0v) is 10.4. The van der Waals surface area contributed by atoms with E-state index in [0.717, 1.165) is 0 Å². The first-order valence-electron chi connectivity index (χ1n) is 5.53. The number of rotatable bonds is 3. The Morgan fingerprint density at radius 3 is 2.61 bits per heavy atom. The summed E-state index contributed by atoms with van der Waals surface area (Å²) >= 11 is 0. The quantitative estimate of drug-likeness (QED) is 0.846. The van der Waals surface area contributed by atoms with Gasteiger partial charge in [0.15, 0.2) is 5.75 Å². The molecule has 0 aliphatic rings. The van der Waals surface area contributed by atoms with Crippen molar-refractivity contribution in [3.05, 3.63) is 28.6 Å². The summed E-state index contributed by atoms with van der Waals surface area (Å²) in [5.41, 5.74) is -0.372. The standard InChI is InChI=1S/C13H14O5/c1-7(2)17-11-9-5-4-8(14)6-10(9)18-13(15)12(11)16-3/h4-7,14H,1-3H3. The lowest BCUT2D eigenvalue weighted by atomic mass is 10.2. The van der Waals surface area contributed by atoms with Gasteiger partial charge in [-0.1, -0.05) is 0 Å². The molecule has 1 N–H and O–H groups in total. The van der Waals surface area contributed by atoms with Crippen LogP contribution >= 0.6 is 0 Å². The first-order chi connectivity index (χ1) is 8.52. The number of ether oxygens (including phenoxy) is 2. The van der Waals surface area contributed by atoms with Crippen molar-refractivity contribution in [1.82, 2.24) is 0 Å². The molecule has 0 radical (unpaired) electrons. The summed E-state index contributed by atoms with van der Waals surface area (Å²) in [6, 6.07) is 4.48. The number of methoxy groups -OCH3 is 1. The van der Waals surface area contributed by atoms with Gasteiger partial charge in [0.1, 0.15) is 11.3 Å². The molecule has 0 atom stereocenters. The van der Waals surface area contributed by atoms with Gasteiger partial charge in [-0.15, -0.1) is 0 Å². The molecule has 0 aliphatic heterocycles. The molecule has 1 heterocycles. The van der Waals surface area contributed by atoms with Crippen molar-refractivity contribution >= 4 is 11.0 Å². The van der Waals surface area contributed by atoms with Gasteiger partial charge in [0.2, 0.25) is 5.75 Å². The lowest BCUT2D eigenvalue weighted by Crippen LogP contribution is -2.12. The number of hydrogen-bond acceptors (Lipinski definition) is 5. The third kappa shape index (κ3) is 2.11. The van der Waals surface area contributed by atoms with Gasteiger partial charge in [-0.2, -0.15) is 0 Å². The molecule has 5 heteroatoms. The largest absolute Gasteiger partial charge is 0.508 e. The Balaban J connectivity index is 2.79. The number of phenols is 1. The average molecular weight is 250 g/mol. The zero-order chi connectivity index (χ0) is 13.3. The number of fused-ring (bicyclic) bond motifs is 1. The normalized spacial score (nSPS) is 10.9. The summed E-state index contributed by atoms with van der Waals surface area (Å²) in [5, 5.41) is 9.97. The molecule has 96 valence electrons. The van der Waals surface area contributed by atoms with Crippen LogP contribution in [-0.2, 0) is 0 Å². The number of benzene rings is 1. The van der Waals surface area contributed by atoms with Gasteiger partial charge in [0.25, 0.3) is 0 Å². The van der Waals surface area contributed by atoms with Crippen LogP contribution in [0.3, 0.4) is 0 Å². The molecule has 1 aromatic heterocycles. The summed E-state index contributed by atoms with van der Waals surface area (Å²) in [4.78, 5) is 11.7. The minimum Gasteiger partial charge on any atom is -0.508 e.